The van der Waals surface area contributed by atoms with Crippen molar-refractivity contribution >= 4 is 5.69 Å². The summed E-state index contributed by atoms with van der Waals surface area (Å²) in [6.45, 7) is -0.171. The average molecular weight is 361 g/mol. The molecule has 4 rings (SSSR count). The van der Waals surface area contributed by atoms with E-state index in [0.29, 0.717) is 22.8 Å². The highest BCUT2D eigenvalue weighted by molar-refractivity contribution is 5.65. The molecular weight excluding hydrogens is 346 g/mol. The third kappa shape index (κ3) is 3.23. The highest BCUT2D eigenvalue weighted by atomic mass is 16.6. The molecule has 0 unspecified atom stereocenters. The summed E-state index contributed by atoms with van der Waals surface area (Å²) in [7, 11) is 0. The van der Waals surface area contributed by atoms with E-state index < -0.39 is 4.92 Å². The van der Waals surface area contributed by atoms with Crippen molar-refractivity contribution < 1.29 is 14.4 Å². The van der Waals surface area contributed by atoms with Crippen LogP contribution in [-0.2, 0) is 6.61 Å². The minimum Gasteiger partial charge on any atom is -0.454 e. The molecule has 0 atom stereocenters. The molecule has 0 saturated heterocycles. The number of para-hydroxylation sites is 1. The molecule has 2 aromatic heterocycles. The molecule has 0 amide bonds. The van der Waals surface area contributed by atoms with E-state index in [9.17, 15) is 15.2 Å². The molecule has 0 bridgehead atoms. The van der Waals surface area contributed by atoms with E-state index in [1.54, 1.807) is 35.1 Å². The first kappa shape index (κ1) is 16.7. The predicted molar refractivity (Wildman–Crippen MR) is 99.3 cm³/mol. The lowest BCUT2D eigenvalue weighted by atomic mass is 10.1. The van der Waals surface area contributed by atoms with Gasteiger partial charge < -0.3 is 9.52 Å². The van der Waals surface area contributed by atoms with Gasteiger partial charge in [0.1, 0.15) is 11.5 Å². The Morgan fingerprint density at radius 3 is 2.37 bits per heavy atom. The molecule has 2 aromatic carbocycles. The SMILES string of the molecule is O=[N+]([O-])c1ccc(-c2ccc(-c3nn(-c4ccccc4)cc3CO)o2)cc1. The van der Waals surface area contributed by atoms with Crippen molar-refractivity contribution in [2.45, 2.75) is 6.61 Å². The van der Waals surface area contributed by atoms with Gasteiger partial charge in [-0.15, -0.1) is 0 Å². The van der Waals surface area contributed by atoms with Crippen LogP contribution >= 0.6 is 0 Å². The van der Waals surface area contributed by atoms with Crippen LogP contribution in [0, 0.1) is 10.1 Å². The van der Waals surface area contributed by atoms with Crippen LogP contribution in [0.25, 0.3) is 28.5 Å². The molecule has 0 radical (unpaired) electrons. The summed E-state index contributed by atoms with van der Waals surface area (Å²) in [6, 6.07) is 19.3. The van der Waals surface area contributed by atoms with Crippen molar-refractivity contribution in [3.05, 3.63) is 88.6 Å². The first-order chi connectivity index (χ1) is 13.2. The van der Waals surface area contributed by atoms with E-state index in [-0.39, 0.29) is 12.3 Å². The smallest absolute Gasteiger partial charge is 0.269 e. The summed E-state index contributed by atoms with van der Waals surface area (Å²) in [5.74, 6) is 1.08. The van der Waals surface area contributed by atoms with Crippen molar-refractivity contribution in [1.82, 2.24) is 9.78 Å². The Morgan fingerprint density at radius 1 is 1.00 bits per heavy atom. The van der Waals surface area contributed by atoms with Crippen molar-refractivity contribution in [3.63, 3.8) is 0 Å². The summed E-state index contributed by atoms with van der Waals surface area (Å²) in [5, 5.41) is 25.0. The summed E-state index contributed by atoms with van der Waals surface area (Å²) in [5.41, 5.74) is 2.81. The molecule has 2 heterocycles. The predicted octanol–water partition coefficient (Wildman–Crippen LogP) is 4.20. The normalized spacial score (nSPS) is 10.9. The maximum Gasteiger partial charge on any atom is 0.269 e. The Morgan fingerprint density at radius 2 is 1.70 bits per heavy atom. The summed E-state index contributed by atoms with van der Waals surface area (Å²) < 4.78 is 7.58. The molecule has 0 aliphatic rings. The quantitative estimate of drug-likeness (QED) is 0.425. The molecule has 7 nitrogen and oxygen atoms in total. The van der Waals surface area contributed by atoms with Gasteiger partial charge >= 0.3 is 0 Å². The number of furan rings is 1. The van der Waals surface area contributed by atoms with E-state index in [1.165, 1.54) is 12.1 Å². The lowest BCUT2D eigenvalue weighted by Gasteiger charge is -1.99. The van der Waals surface area contributed by atoms with Crippen LogP contribution in [0.15, 0.2) is 77.3 Å². The summed E-state index contributed by atoms with van der Waals surface area (Å²) in [4.78, 5) is 10.3. The number of aliphatic hydroxyl groups is 1. The molecular formula is C20H15N3O4. The first-order valence-corrected chi connectivity index (χ1v) is 8.25. The molecule has 0 fully saturated rings. The van der Waals surface area contributed by atoms with Gasteiger partial charge in [-0.2, -0.15) is 5.10 Å². The second-order valence-corrected chi connectivity index (χ2v) is 5.91. The van der Waals surface area contributed by atoms with Gasteiger partial charge in [-0.25, -0.2) is 4.68 Å². The number of benzene rings is 2. The number of nitrogens with zero attached hydrogens (tertiary/aromatic N) is 3. The van der Waals surface area contributed by atoms with Gasteiger partial charge in [0.2, 0.25) is 0 Å². The number of non-ortho nitro benzene ring substituents is 1. The summed E-state index contributed by atoms with van der Waals surface area (Å²) in [6.07, 6.45) is 1.76. The minimum atomic E-state index is -0.443. The van der Waals surface area contributed by atoms with Crippen molar-refractivity contribution in [2.24, 2.45) is 0 Å². The van der Waals surface area contributed by atoms with Gasteiger partial charge in [0, 0.05) is 29.5 Å². The van der Waals surface area contributed by atoms with E-state index in [4.69, 9.17) is 4.42 Å². The van der Waals surface area contributed by atoms with Gasteiger partial charge in [-0.05, 0) is 36.4 Å². The van der Waals surface area contributed by atoms with Crippen molar-refractivity contribution in [1.29, 1.82) is 0 Å². The lowest BCUT2D eigenvalue weighted by molar-refractivity contribution is -0.384. The van der Waals surface area contributed by atoms with Gasteiger partial charge in [-0.3, -0.25) is 10.1 Å². The van der Waals surface area contributed by atoms with Gasteiger partial charge in [0.05, 0.1) is 17.2 Å². The molecule has 0 aliphatic carbocycles. The Bertz CT molecular complexity index is 1080. The van der Waals surface area contributed by atoms with E-state index in [1.807, 2.05) is 30.3 Å². The fourth-order valence-corrected chi connectivity index (χ4v) is 2.81. The zero-order valence-electron chi connectivity index (χ0n) is 14.1. The number of aliphatic hydroxyl groups excluding tert-OH is 1. The number of nitro benzene ring substituents is 1. The zero-order valence-corrected chi connectivity index (χ0v) is 14.1. The van der Waals surface area contributed by atoms with Gasteiger partial charge in [0.15, 0.2) is 5.76 Å². The number of hydrogen-bond donors (Lipinski definition) is 1. The topological polar surface area (TPSA) is 94.3 Å². The van der Waals surface area contributed by atoms with E-state index in [0.717, 1.165) is 11.3 Å². The maximum atomic E-state index is 10.8. The maximum absolute atomic E-state index is 10.8. The minimum absolute atomic E-state index is 0.0229. The van der Waals surface area contributed by atoms with Crippen LogP contribution in [0.1, 0.15) is 5.56 Å². The first-order valence-electron chi connectivity index (χ1n) is 8.25. The lowest BCUT2D eigenvalue weighted by Crippen LogP contribution is -1.93. The zero-order chi connectivity index (χ0) is 18.8. The highest BCUT2D eigenvalue weighted by Gasteiger charge is 2.16. The number of nitro groups is 1. The second kappa shape index (κ2) is 6.89. The third-order valence-corrected chi connectivity index (χ3v) is 4.18. The van der Waals surface area contributed by atoms with Crippen LogP contribution in [-0.4, -0.2) is 19.8 Å². The second-order valence-electron chi connectivity index (χ2n) is 5.91. The van der Waals surface area contributed by atoms with Crippen molar-refractivity contribution in [2.75, 3.05) is 0 Å². The highest BCUT2D eigenvalue weighted by Crippen LogP contribution is 2.31. The monoisotopic (exact) mass is 361 g/mol. The van der Waals surface area contributed by atoms with E-state index >= 15 is 0 Å². The van der Waals surface area contributed by atoms with Gasteiger partial charge in [0.25, 0.3) is 5.69 Å². The number of aromatic nitrogens is 2. The van der Waals surface area contributed by atoms with Crippen LogP contribution in [0.2, 0.25) is 0 Å². The Kier molecular flexibility index (Phi) is 4.27. The average Bonchev–Trinajstić information content (AvgIpc) is 3.35. The van der Waals surface area contributed by atoms with Gasteiger partial charge in [-0.1, -0.05) is 18.2 Å². The standard InChI is InChI=1S/C20H15N3O4/c24-13-15-12-22(16-4-2-1-3-5-16)21-20(15)19-11-10-18(27-19)14-6-8-17(9-7-14)23(25)26/h1-12,24H,13H2. The van der Waals surface area contributed by atoms with Crippen LogP contribution in [0.5, 0.6) is 0 Å². The fourth-order valence-electron chi connectivity index (χ4n) is 2.81. The third-order valence-electron chi connectivity index (χ3n) is 4.18. The van der Waals surface area contributed by atoms with E-state index in [2.05, 4.69) is 5.10 Å². The van der Waals surface area contributed by atoms with Crippen LogP contribution in [0.4, 0.5) is 5.69 Å². The van der Waals surface area contributed by atoms with Crippen LogP contribution < -0.4 is 0 Å². The Hall–Kier alpha value is -3.71. The molecule has 0 spiro atoms. The molecule has 0 aliphatic heterocycles. The number of hydrogen-bond acceptors (Lipinski definition) is 5. The van der Waals surface area contributed by atoms with Crippen molar-refractivity contribution in [3.8, 4) is 28.5 Å². The Balaban J connectivity index is 1.69. The Labute approximate surface area is 154 Å². The fraction of sp³-hybridized carbons (Fsp3) is 0.0500. The molecule has 27 heavy (non-hydrogen) atoms. The van der Waals surface area contributed by atoms with Crippen LogP contribution in [0.3, 0.4) is 0 Å². The summed E-state index contributed by atoms with van der Waals surface area (Å²) >= 11 is 0. The molecule has 4 aromatic rings. The molecule has 1 N–H and O–H groups in total. The largest absolute Gasteiger partial charge is 0.454 e. The molecule has 0 saturated carbocycles. The molecule has 7 heteroatoms. The number of rotatable bonds is 5. The molecule has 134 valence electrons.